The summed E-state index contributed by atoms with van der Waals surface area (Å²) >= 11 is -2.44. The third-order valence-corrected chi connectivity index (χ3v) is 21.4. The summed E-state index contributed by atoms with van der Waals surface area (Å²) in [7, 11) is 0. The average molecular weight is 971 g/mol. The van der Waals surface area contributed by atoms with E-state index in [1.54, 1.807) is 0 Å². The predicted octanol–water partition coefficient (Wildman–Crippen LogP) is 17.6. The minimum atomic E-state index is -2.44. The van der Waals surface area contributed by atoms with Crippen molar-refractivity contribution in [3.05, 3.63) is 216 Å². The Balaban J connectivity index is 0.976. The number of aromatic amines is 1. The van der Waals surface area contributed by atoms with Crippen LogP contribution in [-0.2, 0) is 5.41 Å². The van der Waals surface area contributed by atoms with Crippen molar-refractivity contribution >= 4 is 107 Å². The van der Waals surface area contributed by atoms with Crippen molar-refractivity contribution in [3.63, 3.8) is 0 Å². The Hall–Kier alpha value is -7.41. The zero-order chi connectivity index (χ0) is 44.1. The van der Waals surface area contributed by atoms with E-state index in [1.807, 2.05) is 0 Å². The van der Waals surface area contributed by atoms with Crippen molar-refractivity contribution in [2.45, 2.75) is 32.1 Å². The van der Waals surface area contributed by atoms with E-state index in [0.29, 0.717) is 0 Å². The molecule has 0 fully saturated rings. The molecular weight excluding hydrogens is 928 g/mol. The van der Waals surface area contributed by atoms with Crippen LogP contribution in [0.5, 0.6) is 11.5 Å². The summed E-state index contributed by atoms with van der Waals surface area (Å²) in [6, 6.07) is 73.5. The maximum atomic E-state index is 7.24. The number of benzene rings is 11. The van der Waals surface area contributed by atoms with Gasteiger partial charge in [-0.25, -0.2) is 0 Å². The second-order valence-corrected chi connectivity index (χ2v) is 23.8. The van der Waals surface area contributed by atoms with E-state index in [2.05, 4.69) is 218 Å². The topological polar surface area (TPSA) is 29.9 Å². The van der Waals surface area contributed by atoms with Crippen LogP contribution in [0.3, 0.4) is 0 Å². The summed E-state index contributed by atoms with van der Waals surface area (Å²) in [5.74, 6) is 2.00. The van der Waals surface area contributed by atoms with Crippen molar-refractivity contribution in [2.75, 3.05) is 0 Å². The van der Waals surface area contributed by atoms with Crippen LogP contribution in [0, 0.1) is 10.7 Å². The van der Waals surface area contributed by atoms with Crippen molar-refractivity contribution in [3.8, 4) is 28.3 Å². The summed E-state index contributed by atoms with van der Waals surface area (Å²) in [6.45, 7) is 4.80. The van der Waals surface area contributed by atoms with Crippen LogP contribution in [0.25, 0.3) is 104 Å². The van der Waals surface area contributed by atoms with Gasteiger partial charge in [-0.3, -0.25) is 0 Å². The van der Waals surface area contributed by atoms with Gasteiger partial charge in [0.15, 0.2) is 0 Å². The number of nitrogens with zero attached hydrogens (tertiary/aromatic N) is 1. The molecule has 1 aliphatic carbocycles. The summed E-state index contributed by atoms with van der Waals surface area (Å²) in [6.07, 6.45) is 2.03. The number of ether oxygens (including phenoxy) is 1. The minimum absolute atomic E-state index is 0.134. The summed E-state index contributed by atoms with van der Waals surface area (Å²) in [5.41, 5.74) is 11.4. The van der Waals surface area contributed by atoms with Crippen molar-refractivity contribution < 1.29 is 4.74 Å². The molecule has 1 aliphatic heterocycles. The van der Waals surface area contributed by atoms with Crippen LogP contribution in [0.2, 0.25) is 0 Å². The van der Waals surface area contributed by atoms with Gasteiger partial charge in [0.1, 0.15) is 0 Å². The molecule has 11 aromatic carbocycles. The molecule has 15 rings (SSSR count). The zero-order valence-electron chi connectivity index (χ0n) is 37.1. The molecule has 0 spiro atoms. The fourth-order valence-corrected chi connectivity index (χ4v) is 18.4. The van der Waals surface area contributed by atoms with Crippen LogP contribution >= 0.6 is 19.8 Å². The van der Waals surface area contributed by atoms with Crippen LogP contribution in [0.4, 0.5) is 0 Å². The average Bonchev–Trinajstić information content (AvgIpc) is 4.00. The Morgan fingerprint density at radius 3 is 1.79 bits per heavy atom. The van der Waals surface area contributed by atoms with Gasteiger partial charge in [-0.15, -0.1) is 0 Å². The Morgan fingerprint density at radius 2 is 1.03 bits per heavy atom. The molecule has 2 aromatic heterocycles. The Bertz CT molecular complexity index is 4300. The third-order valence-electron chi connectivity index (χ3n) is 15.5. The van der Waals surface area contributed by atoms with Gasteiger partial charge in [0.25, 0.3) is 0 Å². The Kier molecular flexibility index (Phi) is 7.79. The molecule has 0 unspecified atom stereocenters. The molecule has 2 aliphatic rings. The van der Waals surface area contributed by atoms with Crippen LogP contribution < -0.4 is 4.74 Å². The molecule has 0 bridgehead atoms. The predicted molar refractivity (Wildman–Crippen MR) is 290 cm³/mol. The van der Waals surface area contributed by atoms with E-state index in [1.165, 1.54) is 120 Å². The molecule has 13 aromatic rings. The number of H-pyrrole nitrogens is 1. The van der Waals surface area contributed by atoms with Crippen molar-refractivity contribution in [1.29, 1.82) is 0 Å². The summed E-state index contributed by atoms with van der Waals surface area (Å²) in [4.78, 5) is 3.74. The molecule has 3 nitrogen and oxygen atoms in total. The van der Waals surface area contributed by atoms with Gasteiger partial charge in [-0.2, -0.15) is 0 Å². The molecule has 0 atom stereocenters. The first-order valence-corrected chi connectivity index (χ1v) is 26.8. The first kappa shape index (κ1) is 37.8. The number of hydrogen-bond donors (Lipinski definition) is 1. The van der Waals surface area contributed by atoms with E-state index in [9.17, 15) is 0 Å². The molecular formula is C63H43IN2O. The van der Waals surface area contributed by atoms with E-state index in [0.717, 1.165) is 29.9 Å². The van der Waals surface area contributed by atoms with Gasteiger partial charge >= 0.3 is 397 Å². The van der Waals surface area contributed by atoms with Gasteiger partial charge < -0.3 is 0 Å². The molecule has 67 heavy (non-hydrogen) atoms. The van der Waals surface area contributed by atoms with Gasteiger partial charge in [0, 0.05) is 0 Å². The standard InChI is InChI=1S/C63H43IN2O/c1-3-63(4-2)53-33-48-44-23-10-8-21-42(44)41-20-7-9-22-43(41)47(48)31-49(53)50-34-62-56(35-54(50)63)64(55-28-37-16-5-6-17-38(37)29-61(55)67-62)39-18-15-19-40(30-39)66-59-27-14-12-25-46(59)52-32-51-45-24-11-13-26-57(45)65-58(51)36-60(52)66/h5-36,65H,3-4H2,1-2H3. The van der Waals surface area contributed by atoms with Gasteiger partial charge in [-0.05, 0) is 0 Å². The first-order chi connectivity index (χ1) is 33.1. The zero-order valence-corrected chi connectivity index (χ0v) is 39.3. The molecule has 0 saturated heterocycles. The van der Waals surface area contributed by atoms with E-state index < -0.39 is 19.8 Å². The number of rotatable bonds is 4. The van der Waals surface area contributed by atoms with Crippen LogP contribution in [0.1, 0.15) is 37.8 Å². The van der Waals surface area contributed by atoms with Gasteiger partial charge in [0.2, 0.25) is 0 Å². The number of para-hydroxylation sites is 2. The van der Waals surface area contributed by atoms with Gasteiger partial charge in [0.05, 0.1) is 0 Å². The van der Waals surface area contributed by atoms with E-state index >= 15 is 0 Å². The number of hydrogen-bond acceptors (Lipinski definition) is 1. The molecule has 1 N–H and O–H groups in total. The summed E-state index contributed by atoms with van der Waals surface area (Å²) < 4.78 is 13.9. The SMILES string of the molecule is CCC1(CC)c2cc3c(cc2-c2cc4c5ccccc5c5ccccc5c4cc21)Oc1cc2ccccc2cc1I3c1cccc(-n2c3ccccc3c3cc4c(cc32)[nH]c2ccccc24)c1. The Morgan fingerprint density at radius 1 is 0.433 bits per heavy atom. The second kappa shape index (κ2) is 13.8. The normalized spacial score (nSPS) is 14.4. The van der Waals surface area contributed by atoms with Crippen molar-refractivity contribution in [1.82, 2.24) is 9.55 Å². The van der Waals surface area contributed by atoms with Crippen LogP contribution in [0.15, 0.2) is 194 Å². The number of aromatic nitrogens is 2. The number of halogens is 1. The maximum absolute atomic E-state index is 7.24. The number of nitrogens with one attached hydrogen (secondary N) is 1. The monoisotopic (exact) mass is 970 g/mol. The second-order valence-electron chi connectivity index (χ2n) is 18.6. The van der Waals surface area contributed by atoms with Crippen LogP contribution in [-0.4, -0.2) is 9.55 Å². The molecule has 0 amide bonds. The van der Waals surface area contributed by atoms with E-state index in [4.69, 9.17) is 4.74 Å². The Labute approximate surface area is 394 Å². The molecule has 318 valence electrons. The number of fused-ring (bicyclic) bond motifs is 18. The molecule has 3 heterocycles. The molecule has 0 radical (unpaired) electrons. The fraction of sp³-hybridized carbons (Fsp3) is 0.0794. The molecule has 0 saturated carbocycles. The van der Waals surface area contributed by atoms with Crippen molar-refractivity contribution in [2.24, 2.45) is 0 Å². The first-order valence-electron chi connectivity index (χ1n) is 23.6. The van der Waals surface area contributed by atoms with E-state index in [-0.39, 0.29) is 5.41 Å². The quantitative estimate of drug-likeness (QED) is 0.138. The summed E-state index contributed by atoms with van der Waals surface area (Å²) in [5, 5.41) is 15.4. The fourth-order valence-electron chi connectivity index (χ4n) is 12.3. The molecule has 4 heteroatoms. The third kappa shape index (κ3) is 5.11. The van der Waals surface area contributed by atoms with Gasteiger partial charge in [-0.1, -0.05) is 0 Å².